The fourth-order valence-electron chi connectivity index (χ4n) is 1.78. The van der Waals surface area contributed by atoms with Gasteiger partial charge in [-0.15, -0.1) is 0 Å². The number of para-hydroxylation sites is 1. The van der Waals surface area contributed by atoms with Crippen LogP contribution in [0.15, 0.2) is 48.5 Å². The molecule has 0 aromatic heterocycles. The van der Waals surface area contributed by atoms with Gasteiger partial charge in [0.25, 0.3) is 0 Å². The van der Waals surface area contributed by atoms with Crippen LogP contribution in [-0.4, -0.2) is 25.5 Å². The van der Waals surface area contributed by atoms with Gasteiger partial charge in [-0.2, -0.15) is 0 Å². The van der Waals surface area contributed by atoms with Crippen molar-refractivity contribution in [1.82, 2.24) is 0 Å². The Morgan fingerprint density at radius 3 is 2.41 bits per heavy atom. The number of esters is 1. The number of anilines is 2. The molecule has 5 nitrogen and oxygen atoms in total. The summed E-state index contributed by atoms with van der Waals surface area (Å²) in [7, 11) is 1.34. The van der Waals surface area contributed by atoms with Crippen LogP contribution in [0.25, 0.3) is 0 Å². The molecule has 0 heterocycles. The van der Waals surface area contributed by atoms with E-state index in [9.17, 15) is 9.59 Å². The number of carbonyl (C=O) groups is 2. The second kappa shape index (κ2) is 7.79. The van der Waals surface area contributed by atoms with E-state index in [2.05, 4.69) is 38.0 Å². The first kappa shape index (κ1) is 16.3. The zero-order valence-corrected chi connectivity index (χ0v) is 14.1. The molecular formula is C16H15IN2O3. The quantitative estimate of drug-likeness (QED) is 0.587. The molecule has 0 bridgehead atoms. The van der Waals surface area contributed by atoms with E-state index in [0.717, 1.165) is 14.9 Å². The van der Waals surface area contributed by atoms with Gasteiger partial charge in [0.2, 0.25) is 5.91 Å². The Bertz CT molecular complexity index is 671. The van der Waals surface area contributed by atoms with Gasteiger partial charge in [-0.05, 0) is 59.0 Å². The molecular weight excluding hydrogens is 395 g/mol. The summed E-state index contributed by atoms with van der Waals surface area (Å²) in [4.78, 5) is 23.2. The van der Waals surface area contributed by atoms with Crippen LogP contribution >= 0.6 is 22.6 Å². The molecule has 0 fully saturated rings. The second-order valence-corrected chi connectivity index (χ2v) is 5.61. The largest absolute Gasteiger partial charge is 0.465 e. The molecule has 0 aliphatic rings. The summed E-state index contributed by atoms with van der Waals surface area (Å²) in [5.41, 5.74) is 2.01. The molecule has 1 amide bonds. The van der Waals surface area contributed by atoms with Gasteiger partial charge in [0.05, 0.1) is 24.9 Å². The lowest BCUT2D eigenvalue weighted by Crippen LogP contribution is -2.22. The Labute approximate surface area is 142 Å². The monoisotopic (exact) mass is 410 g/mol. The highest BCUT2D eigenvalue weighted by atomic mass is 127. The van der Waals surface area contributed by atoms with Crippen LogP contribution in [0.5, 0.6) is 0 Å². The molecule has 0 radical (unpaired) electrons. The van der Waals surface area contributed by atoms with Crippen LogP contribution < -0.4 is 10.6 Å². The molecule has 0 saturated carbocycles. The summed E-state index contributed by atoms with van der Waals surface area (Å²) in [5.74, 6) is -0.524. The predicted molar refractivity (Wildman–Crippen MR) is 94.1 cm³/mol. The first-order valence-electron chi connectivity index (χ1n) is 6.57. The van der Waals surface area contributed by atoms with Gasteiger partial charge in [0, 0.05) is 9.26 Å². The van der Waals surface area contributed by atoms with Crippen molar-refractivity contribution in [3.8, 4) is 0 Å². The van der Waals surface area contributed by atoms with Crippen molar-refractivity contribution in [3.05, 3.63) is 57.7 Å². The highest BCUT2D eigenvalue weighted by Gasteiger charge is 2.06. The SMILES string of the molecule is COC(=O)c1ccc(NCC(=O)Nc2ccccc2I)cc1. The lowest BCUT2D eigenvalue weighted by Gasteiger charge is -2.09. The van der Waals surface area contributed by atoms with Crippen LogP contribution in [0.4, 0.5) is 11.4 Å². The highest BCUT2D eigenvalue weighted by molar-refractivity contribution is 14.1. The van der Waals surface area contributed by atoms with Crippen LogP contribution in [0, 0.1) is 3.57 Å². The molecule has 2 rings (SSSR count). The third-order valence-corrected chi connectivity index (χ3v) is 3.85. The van der Waals surface area contributed by atoms with E-state index in [4.69, 9.17) is 0 Å². The number of rotatable bonds is 5. The minimum absolute atomic E-state index is 0.138. The zero-order valence-electron chi connectivity index (χ0n) is 11.9. The smallest absolute Gasteiger partial charge is 0.337 e. The number of methoxy groups -OCH3 is 1. The third kappa shape index (κ3) is 4.45. The molecule has 114 valence electrons. The Kier molecular flexibility index (Phi) is 5.76. The summed E-state index contributed by atoms with van der Waals surface area (Å²) >= 11 is 2.17. The molecule has 0 aliphatic heterocycles. The van der Waals surface area contributed by atoms with Crippen molar-refractivity contribution < 1.29 is 14.3 Å². The lowest BCUT2D eigenvalue weighted by molar-refractivity contribution is -0.114. The molecule has 2 aromatic rings. The molecule has 0 aliphatic carbocycles. The number of amides is 1. The summed E-state index contributed by atoms with van der Waals surface area (Å²) in [6.07, 6.45) is 0. The average Bonchev–Trinajstić information content (AvgIpc) is 2.55. The predicted octanol–water partition coefficient (Wildman–Crippen LogP) is 3.13. The summed E-state index contributed by atoms with van der Waals surface area (Å²) in [6.45, 7) is 0.141. The van der Waals surface area contributed by atoms with E-state index < -0.39 is 0 Å². The van der Waals surface area contributed by atoms with Crippen molar-refractivity contribution in [2.75, 3.05) is 24.3 Å². The number of nitrogens with one attached hydrogen (secondary N) is 2. The van der Waals surface area contributed by atoms with Crippen LogP contribution in [0.2, 0.25) is 0 Å². The summed E-state index contributed by atoms with van der Waals surface area (Å²) in [6, 6.07) is 14.3. The van der Waals surface area contributed by atoms with Gasteiger partial charge in [-0.25, -0.2) is 4.79 Å². The molecule has 2 N–H and O–H groups in total. The number of carbonyl (C=O) groups excluding carboxylic acids is 2. The van der Waals surface area contributed by atoms with E-state index in [-0.39, 0.29) is 18.4 Å². The van der Waals surface area contributed by atoms with E-state index in [0.29, 0.717) is 5.56 Å². The number of benzene rings is 2. The van der Waals surface area contributed by atoms with Crippen molar-refractivity contribution in [1.29, 1.82) is 0 Å². The first-order valence-corrected chi connectivity index (χ1v) is 7.64. The maximum Gasteiger partial charge on any atom is 0.337 e. The fourth-order valence-corrected chi connectivity index (χ4v) is 2.30. The Morgan fingerprint density at radius 2 is 1.77 bits per heavy atom. The maximum atomic E-state index is 11.9. The van der Waals surface area contributed by atoms with E-state index in [1.54, 1.807) is 24.3 Å². The highest BCUT2D eigenvalue weighted by Crippen LogP contribution is 2.17. The second-order valence-electron chi connectivity index (χ2n) is 4.45. The molecule has 0 spiro atoms. The van der Waals surface area contributed by atoms with Gasteiger partial charge >= 0.3 is 5.97 Å². The van der Waals surface area contributed by atoms with Crippen LogP contribution in [0.3, 0.4) is 0 Å². The molecule has 2 aromatic carbocycles. The molecule has 0 atom stereocenters. The standard InChI is InChI=1S/C16H15IN2O3/c1-22-16(21)11-6-8-12(9-7-11)18-10-15(20)19-14-5-3-2-4-13(14)17/h2-9,18H,10H2,1H3,(H,19,20). The summed E-state index contributed by atoms with van der Waals surface area (Å²) in [5, 5.41) is 5.84. The van der Waals surface area contributed by atoms with Gasteiger partial charge < -0.3 is 15.4 Å². The first-order chi connectivity index (χ1) is 10.6. The maximum absolute atomic E-state index is 11.9. The van der Waals surface area contributed by atoms with E-state index in [1.165, 1.54) is 7.11 Å². The molecule has 0 unspecified atom stereocenters. The van der Waals surface area contributed by atoms with Crippen molar-refractivity contribution in [3.63, 3.8) is 0 Å². The number of hydrogen-bond acceptors (Lipinski definition) is 4. The molecule has 0 saturated heterocycles. The van der Waals surface area contributed by atoms with Crippen molar-refractivity contribution in [2.45, 2.75) is 0 Å². The van der Waals surface area contributed by atoms with Gasteiger partial charge in [0.15, 0.2) is 0 Å². The Balaban J connectivity index is 1.89. The molecule has 6 heteroatoms. The van der Waals surface area contributed by atoms with Gasteiger partial charge in [0.1, 0.15) is 0 Å². The number of hydrogen-bond donors (Lipinski definition) is 2. The van der Waals surface area contributed by atoms with Gasteiger partial charge in [-0.3, -0.25) is 4.79 Å². The van der Waals surface area contributed by atoms with E-state index >= 15 is 0 Å². The normalized spacial score (nSPS) is 9.91. The van der Waals surface area contributed by atoms with Gasteiger partial charge in [-0.1, -0.05) is 12.1 Å². The summed E-state index contributed by atoms with van der Waals surface area (Å²) < 4.78 is 5.61. The van der Waals surface area contributed by atoms with Crippen molar-refractivity contribution in [2.24, 2.45) is 0 Å². The lowest BCUT2D eigenvalue weighted by atomic mass is 10.2. The number of ether oxygens (including phenoxy) is 1. The minimum Gasteiger partial charge on any atom is -0.465 e. The zero-order chi connectivity index (χ0) is 15.9. The topological polar surface area (TPSA) is 67.4 Å². The van der Waals surface area contributed by atoms with Crippen LogP contribution in [0.1, 0.15) is 10.4 Å². The van der Waals surface area contributed by atoms with Crippen molar-refractivity contribution >= 4 is 45.8 Å². The number of halogens is 1. The Morgan fingerprint density at radius 1 is 1.09 bits per heavy atom. The fraction of sp³-hybridized carbons (Fsp3) is 0.125. The average molecular weight is 410 g/mol. The van der Waals surface area contributed by atoms with Crippen LogP contribution in [-0.2, 0) is 9.53 Å². The molecule has 22 heavy (non-hydrogen) atoms. The Hall–Kier alpha value is -2.09. The minimum atomic E-state index is -0.386. The van der Waals surface area contributed by atoms with E-state index in [1.807, 2.05) is 24.3 Å². The third-order valence-electron chi connectivity index (χ3n) is 2.91.